The first kappa shape index (κ1) is 8.52. The number of aromatic nitrogens is 1. The van der Waals surface area contributed by atoms with Crippen molar-refractivity contribution < 1.29 is 13.2 Å². The Kier molecular flexibility index (Phi) is 2.49. The van der Waals surface area contributed by atoms with Crippen LogP contribution in [-0.2, 0) is 0 Å². The molecule has 0 saturated heterocycles. The van der Waals surface area contributed by atoms with E-state index in [4.69, 9.17) is 0 Å². The zero-order valence-corrected chi connectivity index (χ0v) is 6.78. The smallest absolute Gasteiger partial charge is 0.252 e. The second-order valence-electron chi connectivity index (χ2n) is 1.82. The molecular formula is C6H3BrF3N. The highest BCUT2D eigenvalue weighted by Crippen LogP contribution is 2.21. The maximum absolute atomic E-state index is 12.4. The summed E-state index contributed by atoms with van der Waals surface area (Å²) in [6.07, 6.45) is -1.90. The van der Waals surface area contributed by atoms with Gasteiger partial charge in [0.1, 0.15) is 5.69 Å². The molecule has 0 atom stereocenters. The van der Waals surface area contributed by atoms with Crippen LogP contribution in [0.1, 0.15) is 12.1 Å². The van der Waals surface area contributed by atoms with E-state index in [1.54, 1.807) is 0 Å². The summed E-state index contributed by atoms with van der Waals surface area (Å²) in [5.41, 5.74) is -0.432. The molecule has 60 valence electrons. The first-order valence-electron chi connectivity index (χ1n) is 2.70. The lowest BCUT2D eigenvalue weighted by molar-refractivity contribution is 0.146. The van der Waals surface area contributed by atoms with Crippen LogP contribution in [-0.4, -0.2) is 4.98 Å². The Labute approximate surface area is 69.4 Å². The van der Waals surface area contributed by atoms with Crippen molar-refractivity contribution in [3.05, 3.63) is 28.2 Å². The van der Waals surface area contributed by atoms with E-state index < -0.39 is 17.9 Å². The molecule has 1 nitrogen and oxygen atoms in total. The predicted octanol–water partition coefficient (Wildman–Crippen LogP) is 2.92. The van der Waals surface area contributed by atoms with Gasteiger partial charge in [0.25, 0.3) is 6.43 Å². The summed E-state index contributed by atoms with van der Waals surface area (Å²) in [6.45, 7) is 0. The number of alkyl halides is 2. The minimum absolute atomic E-state index is 0.00259. The molecule has 1 aromatic heterocycles. The van der Waals surface area contributed by atoms with Gasteiger partial charge in [-0.25, -0.2) is 13.2 Å². The Balaban J connectivity index is 3.05. The van der Waals surface area contributed by atoms with Crippen LogP contribution < -0.4 is 0 Å². The SMILES string of the molecule is Fc1cnc(C(F)F)cc1Br. The first-order chi connectivity index (χ1) is 5.11. The molecule has 0 aliphatic rings. The van der Waals surface area contributed by atoms with Gasteiger partial charge in [0.15, 0.2) is 5.82 Å². The molecule has 0 bridgehead atoms. The fourth-order valence-corrected chi connectivity index (χ4v) is 0.885. The lowest BCUT2D eigenvalue weighted by atomic mass is 10.3. The Hall–Kier alpha value is -0.580. The molecule has 1 aromatic rings. The zero-order valence-electron chi connectivity index (χ0n) is 5.19. The number of pyridine rings is 1. The van der Waals surface area contributed by atoms with Crippen molar-refractivity contribution in [2.45, 2.75) is 6.43 Å². The summed E-state index contributed by atoms with van der Waals surface area (Å²) in [7, 11) is 0. The van der Waals surface area contributed by atoms with Gasteiger partial charge in [0.05, 0.1) is 10.7 Å². The summed E-state index contributed by atoms with van der Waals surface area (Å²) in [5, 5.41) is 0. The van der Waals surface area contributed by atoms with Crippen LogP contribution >= 0.6 is 15.9 Å². The Bertz CT molecular complexity index is 264. The van der Waals surface area contributed by atoms with Crippen molar-refractivity contribution in [3.8, 4) is 0 Å². The molecule has 0 unspecified atom stereocenters. The lowest BCUT2D eigenvalue weighted by Gasteiger charge is -1.98. The summed E-state index contributed by atoms with van der Waals surface area (Å²) >= 11 is 2.77. The van der Waals surface area contributed by atoms with Crippen LogP contribution in [0, 0.1) is 5.82 Å². The van der Waals surface area contributed by atoms with E-state index in [1.165, 1.54) is 0 Å². The summed E-state index contributed by atoms with van der Waals surface area (Å²) in [4.78, 5) is 3.18. The molecule has 0 saturated carbocycles. The van der Waals surface area contributed by atoms with Crippen molar-refractivity contribution >= 4 is 15.9 Å². The molecule has 0 spiro atoms. The van der Waals surface area contributed by atoms with Crippen LogP contribution in [0.15, 0.2) is 16.7 Å². The second kappa shape index (κ2) is 3.21. The molecule has 1 heterocycles. The highest BCUT2D eigenvalue weighted by Gasteiger charge is 2.10. The van der Waals surface area contributed by atoms with Gasteiger partial charge in [-0.2, -0.15) is 0 Å². The average molecular weight is 226 g/mol. The highest BCUT2D eigenvalue weighted by atomic mass is 79.9. The van der Waals surface area contributed by atoms with Crippen molar-refractivity contribution in [2.75, 3.05) is 0 Å². The Morgan fingerprint density at radius 3 is 2.55 bits per heavy atom. The normalized spacial score (nSPS) is 10.6. The molecule has 0 amide bonds. The minimum atomic E-state index is -2.66. The minimum Gasteiger partial charge on any atom is -0.252 e. The quantitative estimate of drug-likeness (QED) is 0.717. The Morgan fingerprint density at radius 1 is 1.45 bits per heavy atom. The van der Waals surface area contributed by atoms with E-state index in [2.05, 4.69) is 20.9 Å². The Morgan fingerprint density at radius 2 is 2.09 bits per heavy atom. The average Bonchev–Trinajstić information content (AvgIpc) is 1.94. The number of hydrogen-bond donors (Lipinski definition) is 0. The molecule has 0 radical (unpaired) electrons. The number of hydrogen-bond acceptors (Lipinski definition) is 1. The highest BCUT2D eigenvalue weighted by molar-refractivity contribution is 9.10. The van der Waals surface area contributed by atoms with Crippen molar-refractivity contribution in [1.29, 1.82) is 0 Å². The van der Waals surface area contributed by atoms with Crippen molar-refractivity contribution in [2.24, 2.45) is 0 Å². The second-order valence-corrected chi connectivity index (χ2v) is 2.68. The van der Waals surface area contributed by atoms with Gasteiger partial charge in [-0.05, 0) is 22.0 Å². The van der Waals surface area contributed by atoms with E-state index in [0.717, 1.165) is 12.3 Å². The standard InChI is InChI=1S/C6H3BrF3N/c7-3-1-5(6(9)10)11-2-4(3)8/h1-2,6H. The molecule has 0 aromatic carbocycles. The van der Waals surface area contributed by atoms with Gasteiger partial charge in [0.2, 0.25) is 0 Å². The van der Waals surface area contributed by atoms with Crippen molar-refractivity contribution in [3.63, 3.8) is 0 Å². The summed E-state index contributed by atoms with van der Waals surface area (Å²) < 4.78 is 36.2. The monoisotopic (exact) mass is 225 g/mol. The zero-order chi connectivity index (χ0) is 8.43. The van der Waals surface area contributed by atoms with Gasteiger partial charge >= 0.3 is 0 Å². The molecule has 0 aliphatic carbocycles. The van der Waals surface area contributed by atoms with E-state index >= 15 is 0 Å². The third kappa shape index (κ3) is 1.92. The van der Waals surface area contributed by atoms with Gasteiger partial charge < -0.3 is 0 Å². The molecule has 5 heteroatoms. The van der Waals surface area contributed by atoms with Crippen LogP contribution in [0.3, 0.4) is 0 Å². The fourth-order valence-electron chi connectivity index (χ4n) is 0.548. The van der Waals surface area contributed by atoms with E-state index in [0.29, 0.717) is 0 Å². The van der Waals surface area contributed by atoms with Crippen LogP contribution in [0.5, 0.6) is 0 Å². The first-order valence-corrected chi connectivity index (χ1v) is 3.49. The molecule has 11 heavy (non-hydrogen) atoms. The number of halogens is 4. The molecule has 1 rings (SSSR count). The maximum atomic E-state index is 12.4. The van der Waals surface area contributed by atoms with E-state index in [1.807, 2.05) is 0 Å². The van der Waals surface area contributed by atoms with E-state index in [9.17, 15) is 13.2 Å². The maximum Gasteiger partial charge on any atom is 0.280 e. The number of rotatable bonds is 1. The van der Waals surface area contributed by atoms with Crippen molar-refractivity contribution in [1.82, 2.24) is 4.98 Å². The van der Waals surface area contributed by atoms with Crippen LogP contribution in [0.25, 0.3) is 0 Å². The predicted molar refractivity (Wildman–Crippen MR) is 36.9 cm³/mol. The number of nitrogens with zero attached hydrogens (tertiary/aromatic N) is 1. The molecule has 0 aliphatic heterocycles. The topological polar surface area (TPSA) is 12.9 Å². The van der Waals surface area contributed by atoms with Gasteiger partial charge in [0, 0.05) is 0 Å². The largest absolute Gasteiger partial charge is 0.280 e. The summed E-state index contributed by atoms with van der Waals surface area (Å²) in [6, 6.07) is 0.958. The molecular weight excluding hydrogens is 223 g/mol. The molecule has 0 fully saturated rings. The third-order valence-corrected chi connectivity index (χ3v) is 1.66. The fraction of sp³-hybridized carbons (Fsp3) is 0.167. The van der Waals surface area contributed by atoms with Gasteiger partial charge in [-0.3, -0.25) is 4.98 Å². The van der Waals surface area contributed by atoms with Gasteiger partial charge in [-0.15, -0.1) is 0 Å². The third-order valence-electron chi connectivity index (χ3n) is 1.05. The van der Waals surface area contributed by atoms with E-state index in [-0.39, 0.29) is 4.47 Å². The van der Waals surface area contributed by atoms with Gasteiger partial charge in [-0.1, -0.05) is 0 Å². The van der Waals surface area contributed by atoms with Crippen LogP contribution in [0.2, 0.25) is 0 Å². The van der Waals surface area contributed by atoms with Crippen LogP contribution in [0.4, 0.5) is 13.2 Å². The lowest BCUT2D eigenvalue weighted by Crippen LogP contribution is -1.91. The summed E-state index contributed by atoms with van der Waals surface area (Å²) in [5.74, 6) is -0.644. The molecule has 0 N–H and O–H groups in total.